The molecule has 0 saturated heterocycles. The quantitative estimate of drug-likeness (QED) is 0.761. The summed E-state index contributed by atoms with van der Waals surface area (Å²) in [5.74, 6) is 3.65. The van der Waals surface area contributed by atoms with Gasteiger partial charge in [-0.05, 0) is 23.6 Å². The molecule has 0 radical (unpaired) electrons. The zero-order chi connectivity index (χ0) is 17.8. The summed E-state index contributed by atoms with van der Waals surface area (Å²) >= 11 is 1.68. The highest BCUT2D eigenvalue weighted by atomic mass is 32.2. The minimum Gasteiger partial charge on any atom is -0.454 e. The van der Waals surface area contributed by atoms with E-state index in [1.54, 1.807) is 11.8 Å². The van der Waals surface area contributed by atoms with Crippen LogP contribution in [-0.2, 0) is 24.8 Å². The number of carbonyl (C=O) groups is 1. The summed E-state index contributed by atoms with van der Waals surface area (Å²) < 4.78 is 12.5. The van der Waals surface area contributed by atoms with Crippen LogP contribution in [0.25, 0.3) is 0 Å². The third-order valence-electron chi connectivity index (χ3n) is 3.72. The Morgan fingerprint density at radius 1 is 1.32 bits per heavy atom. The van der Waals surface area contributed by atoms with Gasteiger partial charge >= 0.3 is 0 Å². The zero-order valence-corrected chi connectivity index (χ0v) is 15.4. The van der Waals surface area contributed by atoms with E-state index in [4.69, 9.17) is 9.47 Å². The molecule has 1 aliphatic rings. The SMILES string of the molecule is CC(C)CSc1nnc(CNC(=O)Cc2ccc3c(c2)OCO3)n1C. The summed E-state index contributed by atoms with van der Waals surface area (Å²) in [5, 5.41) is 12.1. The molecule has 0 atom stereocenters. The monoisotopic (exact) mass is 362 g/mol. The summed E-state index contributed by atoms with van der Waals surface area (Å²) in [5.41, 5.74) is 0.882. The van der Waals surface area contributed by atoms with Crippen LogP contribution in [-0.4, -0.2) is 33.2 Å². The van der Waals surface area contributed by atoms with Gasteiger partial charge in [0.1, 0.15) is 0 Å². The molecule has 1 aromatic heterocycles. The Bertz CT molecular complexity index is 760. The molecule has 0 aliphatic carbocycles. The first kappa shape index (κ1) is 17.6. The Kier molecular flexibility index (Phi) is 5.47. The van der Waals surface area contributed by atoms with Crippen molar-refractivity contribution in [3.8, 4) is 11.5 Å². The molecule has 2 heterocycles. The predicted molar refractivity (Wildman–Crippen MR) is 94.7 cm³/mol. The number of aromatic nitrogens is 3. The molecule has 7 nitrogen and oxygen atoms in total. The number of carbonyl (C=O) groups excluding carboxylic acids is 1. The Balaban J connectivity index is 1.52. The number of nitrogens with one attached hydrogen (secondary N) is 1. The van der Waals surface area contributed by atoms with Crippen molar-refractivity contribution in [3.63, 3.8) is 0 Å². The fraction of sp³-hybridized carbons (Fsp3) is 0.471. The van der Waals surface area contributed by atoms with Gasteiger partial charge in [0.2, 0.25) is 12.7 Å². The fourth-order valence-corrected chi connectivity index (χ4v) is 3.22. The third-order valence-corrected chi connectivity index (χ3v) is 5.16. The average Bonchev–Trinajstić information content (AvgIpc) is 3.17. The maximum absolute atomic E-state index is 12.2. The fourth-order valence-electron chi connectivity index (χ4n) is 2.34. The predicted octanol–water partition coefficient (Wildman–Crippen LogP) is 2.15. The molecular formula is C17H22N4O3S. The van der Waals surface area contributed by atoms with Gasteiger partial charge in [-0.15, -0.1) is 10.2 Å². The van der Waals surface area contributed by atoms with Crippen LogP contribution in [0.15, 0.2) is 23.4 Å². The first-order chi connectivity index (χ1) is 12.0. The molecule has 2 aromatic rings. The number of thioether (sulfide) groups is 1. The summed E-state index contributed by atoms with van der Waals surface area (Å²) in [6.45, 7) is 4.92. The lowest BCUT2D eigenvalue weighted by atomic mass is 10.1. The van der Waals surface area contributed by atoms with E-state index in [-0.39, 0.29) is 19.1 Å². The van der Waals surface area contributed by atoms with Gasteiger partial charge in [0.15, 0.2) is 22.5 Å². The Hall–Kier alpha value is -2.22. The molecule has 0 fully saturated rings. The Morgan fingerprint density at radius 2 is 2.12 bits per heavy atom. The number of benzene rings is 1. The Labute approximate surface area is 151 Å². The minimum absolute atomic E-state index is 0.0711. The van der Waals surface area contributed by atoms with E-state index in [9.17, 15) is 4.79 Å². The van der Waals surface area contributed by atoms with E-state index >= 15 is 0 Å². The summed E-state index contributed by atoms with van der Waals surface area (Å²) in [6.07, 6.45) is 0.281. The van der Waals surface area contributed by atoms with Crippen molar-refractivity contribution in [2.45, 2.75) is 32.0 Å². The molecule has 0 saturated carbocycles. The maximum atomic E-state index is 12.2. The van der Waals surface area contributed by atoms with Crippen LogP contribution in [0.5, 0.6) is 11.5 Å². The van der Waals surface area contributed by atoms with E-state index in [0.29, 0.717) is 18.2 Å². The van der Waals surface area contributed by atoms with Crippen molar-refractivity contribution in [1.29, 1.82) is 0 Å². The molecule has 1 N–H and O–H groups in total. The van der Waals surface area contributed by atoms with E-state index in [2.05, 4.69) is 29.4 Å². The lowest BCUT2D eigenvalue weighted by Gasteiger charge is -2.07. The summed E-state index contributed by atoms with van der Waals surface area (Å²) in [6, 6.07) is 5.53. The first-order valence-corrected chi connectivity index (χ1v) is 9.17. The van der Waals surface area contributed by atoms with Crippen molar-refractivity contribution >= 4 is 17.7 Å². The molecule has 3 rings (SSSR count). The molecule has 1 aromatic carbocycles. The van der Waals surface area contributed by atoms with Gasteiger partial charge in [0, 0.05) is 12.8 Å². The van der Waals surface area contributed by atoms with Gasteiger partial charge < -0.3 is 19.4 Å². The van der Waals surface area contributed by atoms with Gasteiger partial charge in [-0.1, -0.05) is 31.7 Å². The minimum atomic E-state index is -0.0711. The number of nitrogens with zero attached hydrogens (tertiary/aromatic N) is 3. The number of ether oxygens (including phenoxy) is 2. The molecule has 0 unspecified atom stereocenters. The van der Waals surface area contributed by atoms with Gasteiger partial charge in [-0.3, -0.25) is 4.79 Å². The van der Waals surface area contributed by atoms with Gasteiger partial charge in [-0.2, -0.15) is 0 Å². The van der Waals surface area contributed by atoms with Crippen LogP contribution < -0.4 is 14.8 Å². The standard InChI is InChI=1S/C17H22N4O3S/c1-11(2)9-25-17-20-19-15(21(17)3)8-18-16(22)7-12-4-5-13-14(6-12)24-10-23-13/h4-6,11H,7-10H2,1-3H3,(H,18,22). The normalized spacial score (nSPS) is 12.6. The third kappa shape index (κ3) is 4.45. The van der Waals surface area contributed by atoms with Crippen molar-refractivity contribution in [2.24, 2.45) is 13.0 Å². The zero-order valence-electron chi connectivity index (χ0n) is 14.6. The number of rotatable bonds is 7. The van der Waals surface area contributed by atoms with Crippen molar-refractivity contribution in [3.05, 3.63) is 29.6 Å². The molecule has 8 heteroatoms. The lowest BCUT2D eigenvalue weighted by molar-refractivity contribution is -0.120. The molecule has 134 valence electrons. The number of fused-ring (bicyclic) bond motifs is 1. The highest BCUT2D eigenvalue weighted by molar-refractivity contribution is 7.99. The van der Waals surface area contributed by atoms with Gasteiger partial charge in [0.05, 0.1) is 13.0 Å². The number of hydrogen-bond donors (Lipinski definition) is 1. The van der Waals surface area contributed by atoms with E-state index < -0.39 is 0 Å². The molecule has 0 bridgehead atoms. The van der Waals surface area contributed by atoms with Crippen LogP contribution in [0.3, 0.4) is 0 Å². The second-order valence-corrected chi connectivity index (χ2v) is 7.29. The van der Waals surface area contributed by atoms with E-state index in [0.717, 1.165) is 28.0 Å². The molecule has 1 aliphatic heterocycles. The molecular weight excluding hydrogens is 340 g/mol. The van der Waals surface area contributed by atoms with Crippen molar-refractivity contribution in [2.75, 3.05) is 12.5 Å². The summed E-state index contributed by atoms with van der Waals surface area (Å²) in [4.78, 5) is 12.2. The van der Waals surface area contributed by atoms with Gasteiger partial charge in [0.25, 0.3) is 0 Å². The molecule has 25 heavy (non-hydrogen) atoms. The average molecular weight is 362 g/mol. The van der Waals surface area contributed by atoms with Crippen LogP contribution >= 0.6 is 11.8 Å². The second kappa shape index (κ2) is 7.77. The summed E-state index contributed by atoms with van der Waals surface area (Å²) in [7, 11) is 1.92. The van der Waals surface area contributed by atoms with E-state index in [1.807, 2.05) is 29.8 Å². The van der Waals surface area contributed by atoms with Crippen molar-refractivity contribution < 1.29 is 14.3 Å². The molecule has 1 amide bonds. The van der Waals surface area contributed by atoms with Crippen LogP contribution in [0, 0.1) is 5.92 Å². The lowest BCUT2D eigenvalue weighted by Crippen LogP contribution is -2.26. The van der Waals surface area contributed by atoms with Crippen LogP contribution in [0.4, 0.5) is 0 Å². The van der Waals surface area contributed by atoms with Gasteiger partial charge in [-0.25, -0.2) is 0 Å². The van der Waals surface area contributed by atoms with Crippen molar-refractivity contribution in [1.82, 2.24) is 20.1 Å². The van der Waals surface area contributed by atoms with Crippen LogP contribution in [0.2, 0.25) is 0 Å². The smallest absolute Gasteiger partial charge is 0.231 e. The molecule has 0 spiro atoms. The topological polar surface area (TPSA) is 78.3 Å². The van der Waals surface area contributed by atoms with Crippen LogP contribution in [0.1, 0.15) is 25.2 Å². The Morgan fingerprint density at radius 3 is 2.92 bits per heavy atom. The van der Waals surface area contributed by atoms with E-state index in [1.165, 1.54) is 0 Å². The number of hydrogen-bond acceptors (Lipinski definition) is 6. The largest absolute Gasteiger partial charge is 0.454 e. The highest BCUT2D eigenvalue weighted by Gasteiger charge is 2.15. The first-order valence-electron chi connectivity index (χ1n) is 8.19. The number of amides is 1. The highest BCUT2D eigenvalue weighted by Crippen LogP contribution is 2.32. The second-order valence-electron chi connectivity index (χ2n) is 6.30. The maximum Gasteiger partial charge on any atom is 0.231 e.